The van der Waals surface area contributed by atoms with Gasteiger partial charge in [-0.25, -0.2) is 0 Å². The maximum Gasteiger partial charge on any atom is 0.307 e. The second kappa shape index (κ2) is 5.26. The lowest BCUT2D eigenvalue weighted by atomic mass is 9.82. The summed E-state index contributed by atoms with van der Waals surface area (Å²) in [6.45, 7) is 1.85. The highest BCUT2D eigenvalue weighted by molar-refractivity contribution is 5.95. The van der Waals surface area contributed by atoms with Crippen molar-refractivity contribution in [2.75, 3.05) is 5.32 Å². The van der Waals surface area contributed by atoms with Crippen LogP contribution < -0.4 is 5.32 Å². The van der Waals surface area contributed by atoms with Crippen LogP contribution in [0.1, 0.15) is 18.5 Å². The molecule has 19 heavy (non-hydrogen) atoms. The van der Waals surface area contributed by atoms with Crippen molar-refractivity contribution in [1.82, 2.24) is 9.78 Å². The molecule has 6 heteroatoms. The van der Waals surface area contributed by atoms with Gasteiger partial charge in [-0.15, -0.1) is 0 Å². The number of amides is 1. The van der Waals surface area contributed by atoms with Crippen molar-refractivity contribution in [3.63, 3.8) is 0 Å². The maximum atomic E-state index is 12.2. The lowest BCUT2D eigenvalue weighted by molar-refractivity contribution is -0.146. The molecule has 0 bridgehead atoms. The van der Waals surface area contributed by atoms with Gasteiger partial charge < -0.3 is 10.4 Å². The molecule has 0 fully saturated rings. The van der Waals surface area contributed by atoms with Gasteiger partial charge in [0.1, 0.15) is 0 Å². The summed E-state index contributed by atoms with van der Waals surface area (Å²) in [7, 11) is 1.79. The minimum absolute atomic E-state index is 0.257. The number of aromatic nitrogens is 2. The Kier molecular flexibility index (Phi) is 3.69. The summed E-state index contributed by atoms with van der Waals surface area (Å²) in [5, 5.41) is 16.0. The van der Waals surface area contributed by atoms with Crippen LogP contribution in [0.25, 0.3) is 0 Å². The number of hydrogen-bond donors (Lipinski definition) is 2. The fourth-order valence-electron chi connectivity index (χ4n) is 2.22. The van der Waals surface area contributed by atoms with Crippen LogP contribution in [0, 0.1) is 18.8 Å². The van der Waals surface area contributed by atoms with Gasteiger partial charge in [0.25, 0.3) is 0 Å². The Morgan fingerprint density at radius 2 is 2.00 bits per heavy atom. The van der Waals surface area contributed by atoms with Crippen LogP contribution in [-0.4, -0.2) is 26.8 Å². The fraction of sp³-hybridized carbons (Fsp3) is 0.462. The van der Waals surface area contributed by atoms with Crippen molar-refractivity contribution < 1.29 is 14.7 Å². The first-order valence-corrected chi connectivity index (χ1v) is 6.18. The third kappa shape index (κ3) is 2.67. The van der Waals surface area contributed by atoms with E-state index in [1.165, 1.54) is 0 Å². The van der Waals surface area contributed by atoms with Crippen molar-refractivity contribution in [3.8, 4) is 0 Å². The molecule has 1 aromatic heterocycles. The fourth-order valence-corrected chi connectivity index (χ4v) is 2.22. The highest BCUT2D eigenvalue weighted by Gasteiger charge is 2.34. The van der Waals surface area contributed by atoms with Crippen LogP contribution in [-0.2, 0) is 16.6 Å². The molecule has 2 rings (SSSR count). The number of aryl methyl sites for hydroxylation is 1. The van der Waals surface area contributed by atoms with E-state index in [-0.39, 0.29) is 5.91 Å². The van der Waals surface area contributed by atoms with E-state index in [0.29, 0.717) is 18.5 Å². The molecule has 1 aliphatic rings. The summed E-state index contributed by atoms with van der Waals surface area (Å²) in [5.74, 6) is -2.36. The molecular weight excluding hydrogens is 246 g/mol. The van der Waals surface area contributed by atoms with E-state index >= 15 is 0 Å². The molecule has 1 heterocycles. The predicted molar refractivity (Wildman–Crippen MR) is 69.6 cm³/mol. The van der Waals surface area contributed by atoms with Crippen molar-refractivity contribution in [1.29, 1.82) is 0 Å². The lowest BCUT2D eigenvalue weighted by Gasteiger charge is -2.24. The first-order valence-electron chi connectivity index (χ1n) is 6.18. The van der Waals surface area contributed by atoms with Gasteiger partial charge >= 0.3 is 5.97 Å². The summed E-state index contributed by atoms with van der Waals surface area (Å²) in [4.78, 5) is 23.4. The van der Waals surface area contributed by atoms with Crippen LogP contribution >= 0.6 is 0 Å². The molecule has 0 saturated carbocycles. The van der Waals surface area contributed by atoms with Crippen molar-refractivity contribution in [2.24, 2.45) is 18.9 Å². The number of anilines is 1. The summed E-state index contributed by atoms with van der Waals surface area (Å²) in [5.41, 5.74) is 1.47. The molecule has 0 aromatic carbocycles. The molecule has 1 aromatic rings. The topological polar surface area (TPSA) is 84.2 Å². The Hall–Kier alpha value is -2.11. The van der Waals surface area contributed by atoms with Crippen molar-refractivity contribution in [2.45, 2.75) is 19.8 Å². The summed E-state index contributed by atoms with van der Waals surface area (Å²) in [6.07, 6.45) is 6.11. The number of carbonyl (C=O) groups is 2. The van der Waals surface area contributed by atoms with E-state index in [4.69, 9.17) is 5.11 Å². The standard InChI is InChI=1S/C13H17N3O3/c1-8-11(7-14-16(8)2)15-12(17)9-5-3-4-6-10(9)13(18)19/h3-4,7,9-10H,5-6H2,1-2H3,(H,15,17)(H,18,19)/t9-,10+/m0/s1. The Balaban J connectivity index is 2.12. The maximum absolute atomic E-state index is 12.2. The highest BCUT2D eigenvalue weighted by Crippen LogP contribution is 2.27. The second-order valence-electron chi connectivity index (χ2n) is 4.75. The Labute approximate surface area is 111 Å². The third-order valence-corrected chi connectivity index (χ3v) is 3.58. The number of rotatable bonds is 3. The van der Waals surface area contributed by atoms with Gasteiger partial charge in [-0.05, 0) is 19.8 Å². The van der Waals surface area contributed by atoms with E-state index in [0.717, 1.165) is 5.69 Å². The van der Waals surface area contributed by atoms with Crippen LogP contribution in [0.3, 0.4) is 0 Å². The quantitative estimate of drug-likeness (QED) is 0.806. The molecule has 6 nitrogen and oxygen atoms in total. The van der Waals surface area contributed by atoms with E-state index in [1.807, 2.05) is 19.1 Å². The summed E-state index contributed by atoms with van der Waals surface area (Å²) < 4.78 is 1.66. The smallest absolute Gasteiger partial charge is 0.307 e. The molecule has 0 aliphatic heterocycles. The monoisotopic (exact) mass is 263 g/mol. The number of carbonyl (C=O) groups excluding carboxylic acids is 1. The van der Waals surface area contributed by atoms with E-state index in [1.54, 1.807) is 17.9 Å². The minimum atomic E-state index is -0.924. The number of carboxylic acids is 1. The average Bonchev–Trinajstić information content (AvgIpc) is 2.70. The van der Waals surface area contributed by atoms with Gasteiger partial charge in [-0.3, -0.25) is 14.3 Å². The Morgan fingerprint density at radius 3 is 2.53 bits per heavy atom. The Morgan fingerprint density at radius 1 is 1.37 bits per heavy atom. The average molecular weight is 263 g/mol. The summed E-state index contributed by atoms with van der Waals surface area (Å²) in [6, 6.07) is 0. The lowest BCUT2D eigenvalue weighted by Crippen LogP contribution is -2.34. The number of nitrogens with zero attached hydrogens (tertiary/aromatic N) is 2. The van der Waals surface area contributed by atoms with Gasteiger partial charge in [-0.2, -0.15) is 5.10 Å². The molecular formula is C13H17N3O3. The summed E-state index contributed by atoms with van der Waals surface area (Å²) >= 11 is 0. The van der Waals surface area contributed by atoms with Gasteiger partial charge in [0, 0.05) is 7.05 Å². The number of nitrogens with one attached hydrogen (secondary N) is 1. The number of allylic oxidation sites excluding steroid dienone is 2. The first-order chi connectivity index (χ1) is 9.00. The number of carboxylic acid groups (broad SMARTS) is 1. The first kappa shape index (κ1) is 13.3. The zero-order valence-corrected chi connectivity index (χ0v) is 11.0. The minimum Gasteiger partial charge on any atom is -0.481 e. The largest absolute Gasteiger partial charge is 0.481 e. The van der Waals surface area contributed by atoms with Crippen LogP contribution in [0.2, 0.25) is 0 Å². The molecule has 0 unspecified atom stereocenters. The Bertz CT molecular complexity index is 533. The SMILES string of the molecule is Cc1c(NC(=O)[C@H]2CC=CC[C@H]2C(=O)O)cnn1C. The number of aliphatic carboxylic acids is 1. The predicted octanol–water partition coefficient (Wildman–Crippen LogP) is 1.33. The molecule has 1 amide bonds. The molecule has 102 valence electrons. The normalized spacial score (nSPS) is 22.2. The number of hydrogen-bond acceptors (Lipinski definition) is 3. The van der Waals surface area contributed by atoms with E-state index < -0.39 is 17.8 Å². The third-order valence-electron chi connectivity index (χ3n) is 3.58. The molecule has 0 saturated heterocycles. The van der Waals surface area contributed by atoms with Gasteiger partial charge in [0.05, 0.1) is 29.4 Å². The second-order valence-corrected chi connectivity index (χ2v) is 4.75. The molecule has 2 N–H and O–H groups in total. The molecule has 0 radical (unpaired) electrons. The zero-order valence-electron chi connectivity index (χ0n) is 11.0. The zero-order chi connectivity index (χ0) is 14.0. The van der Waals surface area contributed by atoms with Gasteiger partial charge in [-0.1, -0.05) is 12.2 Å². The van der Waals surface area contributed by atoms with Crippen molar-refractivity contribution in [3.05, 3.63) is 24.0 Å². The van der Waals surface area contributed by atoms with E-state index in [9.17, 15) is 9.59 Å². The van der Waals surface area contributed by atoms with Crippen LogP contribution in [0.4, 0.5) is 5.69 Å². The molecule has 2 atom stereocenters. The van der Waals surface area contributed by atoms with Gasteiger partial charge in [0.2, 0.25) is 5.91 Å². The molecule has 0 spiro atoms. The van der Waals surface area contributed by atoms with Crippen LogP contribution in [0.5, 0.6) is 0 Å². The highest BCUT2D eigenvalue weighted by atomic mass is 16.4. The van der Waals surface area contributed by atoms with Crippen molar-refractivity contribution >= 4 is 17.6 Å². The molecule has 1 aliphatic carbocycles. The van der Waals surface area contributed by atoms with E-state index in [2.05, 4.69) is 10.4 Å². The van der Waals surface area contributed by atoms with Gasteiger partial charge in [0.15, 0.2) is 0 Å². The van der Waals surface area contributed by atoms with Crippen LogP contribution in [0.15, 0.2) is 18.3 Å².